The molecule has 0 spiro atoms. The third-order valence-corrected chi connectivity index (χ3v) is 6.75. The number of cyclic esters (lactones) is 1. The van der Waals surface area contributed by atoms with E-state index in [1.54, 1.807) is 24.3 Å². The fraction of sp³-hybridized carbons (Fsp3) is 0.321. The van der Waals surface area contributed by atoms with Gasteiger partial charge in [0, 0.05) is 38.0 Å². The highest BCUT2D eigenvalue weighted by Crippen LogP contribution is 2.28. The second-order valence-corrected chi connectivity index (χ2v) is 9.29. The van der Waals surface area contributed by atoms with E-state index in [4.69, 9.17) is 9.47 Å². The van der Waals surface area contributed by atoms with Crippen molar-refractivity contribution >= 4 is 39.9 Å². The van der Waals surface area contributed by atoms with E-state index in [0.29, 0.717) is 43.2 Å². The van der Waals surface area contributed by atoms with Gasteiger partial charge in [-0.3, -0.25) is 14.5 Å². The van der Waals surface area contributed by atoms with Gasteiger partial charge in [0.05, 0.1) is 31.1 Å². The summed E-state index contributed by atoms with van der Waals surface area (Å²) in [5, 5.41) is 14.6. The molecule has 0 aromatic heterocycles. The molecule has 3 aromatic carbocycles. The average Bonchev–Trinajstić information content (AvgIpc) is 3.31. The average molecular weight is 521 g/mol. The SMILES string of the molecule is O=C(CCC(=O)N([O-])C[C@H]1CN(c2ccc(N3CCOCC3)c(F)c2)C(=O)O1)c1ccc2ccccc2c1. The van der Waals surface area contributed by atoms with Gasteiger partial charge >= 0.3 is 6.09 Å². The Morgan fingerprint density at radius 1 is 1.00 bits per heavy atom. The number of benzene rings is 3. The van der Waals surface area contributed by atoms with Crippen LogP contribution in [0, 0.1) is 11.0 Å². The first kappa shape index (κ1) is 25.6. The van der Waals surface area contributed by atoms with Gasteiger partial charge in [0.25, 0.3) is 0 Å². The molecule has 0 radical (unpaired) electrons. The van der Waals surface area contributed by atoms with Crippen LogP contribution in [-0.2, 0) is 14.3 Å². The van der Waals surface area contributed by atoms with Gasteiger partial charge in [0.15, 0.2) is 5.78 Å². The summed E-state index contributed by atoms with van der Waals surface area (Å²) in [6.07, 6.45) is -1.96. The van der Waals surface area contributed by atoms with Crippen molar-refractivity contribution in [2.75, 3.05) is 49.2 Å². The molecule has 198 valence electrons. The van der Waals surface area contributed by atoms with Gasteiger partial charge in [-0.1, -0.05) is 36.4 Å². The lowest BCUT2D eigenvalue weighted by Gasteiger charge is -2.30. The van der Waals surface area contributed by atoms with E-state index in [9.17, 15) is 24.0 Å². The van der Waals surface area contributed by atoms with Crippen LogP contribution in [0.1, 0.15) is 23.2 Å². The van der Waals surface area contributed by atoms with Gasteiger partial charge < -0.3 is 24.6 Å². The highest BCUT2D eigenvalue weighted by atomic mass is 19.1. The first-order valence-corrected chi connectivity index (χ1v) is 12.5. The molecule has 0 unspecified atom stereocenters. The molecule has 2 saturated heterocycles. The van der Waals surface area contributed by atoms with Crippen molar-refractivity contribution in [2.24, 2.45) is 0 Å². The molecule has 0 aliphatic carbocycles. The Morgan fingerprint density at radius 3 is 2.53 bits per heavy atom. The lowest BCUT2D eigenvalue weighted by molar-refractivity contribution is -0.129. The minimum absolute atomic E-state index is 0.00276. The van der Waals surface area contributed by atoms with E-state index in [0.717, 1.165) is 10.8 Å². The molecule has 2 fully saturated rings. The summed E-state index contributed by atoms with van der Waals surface area (Å²) in [6, 6.07) is 17.4. The Labute approximate surface area is 218 Å². The second kappa shape index (κ2) is 11.2. The maximum atomic E-state index is 14.8. The van der Waals surface area contributed by atoms with Crippen molar-refractivity contribution in [1.82, 2.24) is 5.06 Å². The normalized spacial score (nSPS) is 17.5. The number of hydrogen-bond acceptors (Lipinski definition) is 7. The van der Waals surface area contributed by atoms with E-state index < -0.39 is 23.9 Å². The fourth-order valence-electron chi connectivity index (χ4n) is 4.69. The number of carbonyl (C=O) groups is 3. The number of fused-ring (bicyclic) bond motifs is 1. The number of Topliss-reactive ketones (excluding diaryl/α,β-unsaturated/α-hetero) is 1. The number of amides is 2. The molecular weight excluding hydrogens is 493 g/mol. The van der Waals surface area contributed by atoms with Crippen LogP contribution < -0.4 is 9.80 Å². The standard InChI is InChI=1S/C28H27FN3O6/c29-24-16-22(7-8-25(24)30-11-13-37-14-12-30)31-17-23(38-28(31)35)18-32(36)27(34)10-9-26(33)21-6-5-19-3-1-2-4-20(19)15-21/h1-8,15-16,23H,9-14,17-18H2/q-1/t23-/m1/s1. The number of anilines is 2. The molecule has 2 aliphatic heterocycles. The lowest BCUT2D eigenvalue weighted by atomic mass is 10.0. The predicted octanol–water partition coefficient (Wildman–Crippen LogP) is 4.13. The minimum atomic E-state index is -0.873. The van der Waals surface area contributed by atoms with Crippen molar-refractivity contribution in [3.63, 3.8) is 0 Å². The van der Waals surface area contributed by atoms with E-state index in [2.05, 4.69) is 0 Å². The lowest BCUT2D eigenvalue weighted by Crippen LogP contribution is -2.37. The van der Waals surface area contributed by atoms with Crippen molar-refractivity contribution in [3.8, 4) is 0 Å². The molecule has 2 aliphatic rings. The molecule has 0 N–H and O–H groups in total. The maximum Gasteiger partial charge on any atom is 0.414 e. The molecule has 1 atom stereocenters. The maximum absolute atomic E-state index is 14.8. The highest BCUT2D eigenvalue weighted by Gasteiger charge is 2.33. The van der Waals surface area contributed by atoms with Gasteiger partial charge in [0.1, 0.15) is 11.9 Å². The van der Waals surface area contributed by atoms with Gasteiger partial charge in [-0.25, -0.2) is 9.18 Å². The van der Waals surface area contributed by atoms with Crippen LogP contribution in [0.25, 0.3) is 10.8 Å². The summed E-state index contributed by atoms with van der Waals surface area (Å²) in [7, 11) is 0. The minimum Gasteiger partial charge on any atom is -0.756 e. The van der Waals surface area contributed by atoms with Gasteiger partial charge in [-0.05, 0) is 35.0 Å². The molecule has 3 aromatic rings. The van der Waals surface area contributed by atoms with Crippen molar-refractivity contribution in [3.05, 3.63) is 77.3 Å². The second-order valence-electron chi connectivity index (χ2n) is 9.29. The molecular formula is C28H27FN3O6-. The summed E-state index contributed by atoms with van der Waals surface area (Å²) < 4.78 is 25.3. The van der Waals surface area contributed by atoms with Crippen molar-refractivity contribution < 1.29 is 28.2 Å². The smallest absolute Gasteiger partial charge is 0.414 e. The van der Waals surface area contributed by atoms with E-state index in [-0.39, 0.29) is 36.8 Å². The molecule has 9 nitrogen and oxygen atoms in total. The van der Waals surface area contributed by atoms with Crippen molar-refractivity contribution in [2.45, 2.75) is 18.9 Å². The van der Waals surface area contributed by atoms with E-state index in [1.165, 1.54) is 11.0 Å². The number of ether oxygens (including phenoxy) is 2. The molecule has 0 saturated carbocycles. The molecule has 2 heterocycles. The quantitative estimate of drug-likeness (QED) is 0.325. The molecule has 2 amide bonds. The number of nitrogens with zero attached hydrogens (tertiary/aromatic N) is 3. The zero-order valence-corrected chi connectivity index (χ0v) is 20.7. The Hall–Kier alpha value is -4.02. The van der Waals surface area contributed by atoms with Crippen LogP contribution in [0.5, 0.6) is 0 Å². The predicted molar refractivity (Wildman–Crippen MR) is 140 cm³/mol. The van der Waals surface area contributed by atoms with E-state index in [1.807, 2.05) is 35.2 Å². The van der Waals surface area contributed by atoms with Gasteiger partial charge in [-0.15, -0.1) is 0 Å². The zero-order chi connectivity index (χ0) is 26.6. The Morgan fingerprint density at radius 2 is 1.76 bits per heavy atom. The van der Waals surface area contributed by atoms with Crippen LogP contribution in [0.15, 0.2) is 60.7 Å². The van der Waals surface area contributed by atoms with Crippen LogP contribution in [0.2, 0.25) is 0 Å². The monoisotopic (exact) mass is 520 g/mol. The van der Waals surface area contributed by atoms with Crippen LogP contribution in [0.4, 0.5) is 20.6 Å². The number of hydrogen-bond donors (Lipinski definition) is 0. The van der Waals surface area contributed by atoms with Gasteiger partial charge in [0.2, 0.25) is 5.91 Å². The molecule has 0 bridgehead atoms. The molecule has 38 heavy (non-hydrogen) atoms. The first-order valence-electron chi connectivity index (χ1n) is 12.5. The van der Waals surface area contributed by atoms with Crippen LogP contribution >= 0.6 is 0 Å². The summed E-state index contributed by atoms with van der Waals surface area (Å²) in [6.45, 7) is 1.81. The number of rotatable bonds is 8. The molecule has 5 rings (SSSR count). The fourth-order valence-corrected chi connectivity index (χ4v) is 4.69. The summed E-state index contributed by atoms with van der Waals surface area (Å²) >= 11 is 0. The number of halogens is 1. The number of ketones is 1. The van der Waals surface area contributed by atoms with E-state index >= 15 is 0 Å². The van der Waals surface area contributed by atoms with Crippen LogP contribution in [-0.4, -0.2) is 68.3 Å². The van der Waals surface area contributed by atoms with Gasteiger partial charge in [-0.2, -0.15) is 0 Å². The summed E-state index contributed by atoms with van der Waals surface area (Å²) in [4.78, 5) is 40.5. The van der Waals surface area contributed by atoms with Crippen molar-refractivity contribution in [1.29, 1.82) is 0 Å². The Bertz CT molecular complexity index is 1360. The number of carbonyl (C=O) groups excluding carboxylic acids is 3. The Balaban J connectivity index is 1.14. The number of morpholine rings is 1. The summed E-state index contributed by atoms with van der Waals surface area (Å²) in [5.74, 6) is -1.48. The topological polar surface area (TPSA) is 102 Å². The first-order chi connectivity index (χ1) is 18.4. The molecule has 10 heteroatoms. The third kappa shape index (κ3) is 5.61. The zero-order valence-electron chi connectivity index (χ0n) is 20.7. The number of hydroxylamine groups is 2. The third-order valence-electron chi connectivity index (χ3n) is 6.75. The Kier molecular flexibility index (Phi) is 7.52. The largest absolute Gasteiger partial charge is 0.756 e. The summed E-state index contributed by atoms with van der Waals surface area (Å²) in [5.41, 5.74) is 1.20. The van der Waals surface area contributed by atoms with Crippen LogP contribution in [0.3, 0.4) is 0 Å². The highest BCUT2D eigenvalue weighted by molar-refractivity contribution is 6.01.